The van der Waals surface area contributed by atoms with E-state index in [0.29, 0.717) is 5.41 Å². The summed E-state index contributed by atoms with van der Waals surface area (Å²) < 4.78 is 0. The normalized spacial score (nSPS) is 25.1. The SMILES string of the molecule is CCNCC1(CN(C)C2CCN(C)CC2)CCCCCC1. The van der Waals surface area contributed by atoms with Crippen LogP contribution >= 0.6 is 0 Å². The summed E-state index contributed by atoms with van der Waals surface area (Å²) in [6, 6.07) is 0.808. The average Bonchev–Trinajstić information content (AvgIpc) is 2.72. The van der Waals surface area contributed by atoms with E-state index in [-0.39, 0.29) is 0 Å². The minimum absolute atomic E-state index is 0.532. The first-order valence-corrected chi connectivity index (χ1v) is 9.25. The highest BCUT2D eigenvalue weighted by atomic mass is 15.2. The van der Waals surface area contributed by atoms with Crippen molar-refractivity contribution in [1.29, 1.82) is 0 Å². The van der Waals surface area contributed by atoms with E-state index in [2.05, 4.69) is 36.1 Å². The topological polar surface area (TPSA) is 18.5 Å². The number of rotatable bonds is 6. The number of piperidine rings is 1. The Hall–Kier alpha value is -0.120. The second kappa shape index (κ2) is 8.50. The van der Waals surface area contributed by atoms with Gasteiger partial charge in [0.05, 0.1) is 0 Å². The summed E-state index contributed by atoms with van der Waals surface area (Å²) in [5, 5.41) is 3.67. The van der Waals surface area contributed by atoms with Gasteiger partial charge in [-0.25, -0.2) is 0 Å². The van der Waals surface area contributed by atoms with Crippen LogP contribution in [0.15, 0.2) is 0 Å². The molecule has 2 rings (SSSR count). The van der Waals surface area contributed by atoms with Crippen LogP contribution in [0.5, 0.6) is 0 Å². The minimum atomic E-state index is 0.532. The predicted molar refractivity (Wildman–Crippen MR) is 91.8 cm³/mol. The third-order valence-electron chi connectivity index (χ3n) is 5.81. The molecule has 2 aliphatic rings. The van der Waals surface area contributed by atoms with Gasteiger partial charge in [-0.1, -0.05) is 32.6 Å². The lowest BCUT2D eigenvalue weighted by Gasteiger charge is -2.42. The van der Waals surface area contributed by atoms with Crippen molar-refractivity contribution in [2.75, 3.05) is 46.8 Å². The molecule has 1 saturated carbocycles. The molecule has 21 heavy (non-hydrogen) atoms. The van der Waals surface area contributed by atoms with Crippen LogP contribution in [0.3, 0.4) is 0 Å². The predicted octanol–water partition coefficient (Wildman–Crippen LogP) is 2.96. The standard InChI is InChI=1S/C18H37N3/c1-4-19-15-18(11-7-5-6-8-12-18)16-21(3)17-9-13-20(2)14-10-17/h17,19H,4-16H2,1-3H3. The number of nitrogens with zero attached hydrogens (tertiary/aromatic N) is 2. The van der Waals surface area contributed by atoms with E-state index in [9.17, 15) is 0 Å². The minimum Gasteiger partial charge on any atom is -0.316 e. The van der Waals surface area contributed by atoms with Crippen LogP contribution in [0.1, 0.15) is 58.3 Å². The Kier molecular flexibility index (Phi) is 6.97. The molecule has 0 aromatic rings. The monoisotopic (exact) mass is 295 g/mol. The Bertz CT molecular complexity index is 276. The fraction of sp³-hybridized carbons (Fsp3) is 1.00. The average molecular weight is 296 g/mol. The second-order valence-corrected chi connectivity index (χ2v) is 7.64. The first-order chi connectivity index (χ1) is 10.2. The van der Waals surface area contributed by atoms with Crippen LogP contribution in [0.2, 0.25) is 0 Å². The Morgan fingerprint density at radius 2 is 1.71 bits per heavy atom. The molecule has 2 fully saturated rings. The Morgan fingerprint density at radius 3 is 2.29 bits per heavy atom. The first kappa shape index (κ1) is 17.2. The van der Waals surface area contributed by atoms with Crippen LogP contribution in [-0.4, -0.2) is 62.7 Å². The molecular formula is C18H37N3. The van der Waals surface area contributed by atoms with E-state index in [1.165, 1.54) is 77.5 Å². The van der Waals surface area contributed by atoms with Gasteiger partial charge in [0.1, 0.15) is 0 Å². The third kappa shape index (κ3) is 5.22. The van der Waals surface area contributed by atoms with Crippen molar-refractivity contribution >= 4 is 0 Å². The van der Waals surface area contributed by atoms with Crippen molar-refractivity contribution in [3.05, 3.63) is 0 Å². The molecule has 0 amide bonds. The van der Waals surface area contributed by atoms with Gasteiger partial charge in [-0.3, -0.25) is 0 Å². The molecular weight excluding hydrogens is 258 g/mol. The molecule has 0 aromatic carbocycles. The van der Waals surface area contributed by atoms with Gasteiger partial charge in [-0.05, 0) is 64.8 Å². The number of nitrogens with one attached hydrogen (secondary N) is 1. The molecule has 0 bridgehead atoms. The van der Waals surface area contributed by atoms with Crippen molar-refractivity contribution in [3.63, 3.8) is 0 Å². The maximum atomic E-state index is 3.67. The summed E-state index contributed by atoms with van der Waals surface area (Å²) in [7, 11) is 4.64. The van der Waals surface area contributed by atoms with E-state index >= 15 is 0 Å². The zero-order valence-electron chi connectivity index (χ0n) is 14.7. The molecule has 3 nitrogen and oxygen atoms in total. The fourth-order valence-corrected chi connectivity index (χ4v) is 4.35. The van der Waals surface area contributed by atoms with E-state index in [0.717, 1.165) is 12.6 Å². The zero-order chi connectivity index (χ0) is 15.1. The van der Waals surface area contributed by atoms with Gasteiger partial charge in [0.2, 0.25) is 0 Å². The van der Waals surface area contributed by atoms with Gasteiger partial charge in [0, 0.05) is 19.1 Å². The van der Waals surface area contributed by atoms with Gasteiger partial charge < -0.3 is 15.1 Å². The second-order valence-electron chi connectivity index (χ2n) is 7.64. The van der Waals surface area contributed by atoms with Crippen LogP contribution in [-0.2, 0) is 0 Å². The van der Waals surface area contributed by atoms with Crippen LogP contribution in [0, 0.1) is 5.41 Å². The van der Waals surface area contributed by atoms with Crippen LogP contribution < -0.4 is 5.32 Å². The van der Waals surface area contributed by atoms with Gasteiger partial charge in [0.15, 0.2) is 0 Å². The first-order valence-electron chi connectivity index (χ1n) is 9.25. The maximum absolute atomic E-state index is 3.67. The van der Waals surface area contributed by atoms with Gasteiger partial charge in [-0.15, -0.1) is 0 Å². The lowest BCUT2D eigenvalue weighted by Crippen LogP contribution is -2.49. The Morgan fingerprint density at radius 1 is 1.10 bits per heavy atom. The summed E-state index contributed by atoms with van der Waals surface area (Å²) >= 11 is 0. The van der Waals surface area contributed by atoms with Gasteiger partial charge in [-0.2, -0.15) is 0 Å². The summed E-state index contributed by atoms with van der Waals surface area (Å²) in [5.74, 6) is 0. The Labute approximate surface area is 132 Å². The van der Waals surface area contributed by atoms with Crippen molar-refractivity contribution in [2.45, 2.75) is 64.3 Å². The van der Waals surface area contributed by atoms with Crippen molar-refractivity contribution in [2.24, 2.45) is 5.41 Å². The van der Waals surface area contributed by atoms with Crippen molar-refractivity contribution in [3.8, 4) is 0 Å². The molecule has 1 N–H and O–H groups in total. The summed E-state index contributed by atoms with van der Waals surface area (Å²) in [5.41, 5.74) is 0.532. The van der Waals surface area contributed by atoms with E-state index in [1.54, 1.807) is 0 Å². The Balaban J connectivity index is 1.93. The molecule has 124 valence electrons. The number of hydrogen-bond acceptors (Lipinski definition) is 3. The molecule has 1 saturated heterocycles. The lowest BCUT2D eigenvalue weighted by atomic mass is 9.79. The molecule has 1 heterocycles. The zero-order valence-corrected chi connectivity index (χ0v) is 14.7. The van der Waals surface area contributed by atoms with E-state index in [1.807, 2.05) is 0 Å². The van der Waals surface area contributed by atoms with E-state index < -0.39 is 0 Å². The van der Waals surface area contributed by atoms with Crippen molar-refractivity contribution < 1.29 is 0 Å². The quantitative estimate of drug-likeness (QED) is 0.760. The molecule has 1 aliphatic carbocycles. The fourth-order valence-electron chi connectivity index (χ4n) is 4.35. The molecule has 0 aromatic heterocycles. The number of hydrogen-bond donors (Lipinski definition) is 1. The summed E-state index contributed by atoms with van der Waals surface area (Å²) in [6.45, 7) is 8.42. The highest BCUT2D eigenvalue weighted by Crippen LogP contribution is 2.36. The van der Waals surface area contributed by atoms with Crippen LogP contribution in [0.25, 0.3) is 0 Å². The third-order valence-corrected chi connectivity index (χ3v) is 5.81. The van der Waals surface area contributed by atoms with Gasteiger partial charge >= 0.3 is 0 Å². The molecule has 0 radical (unpaired) electrons. The van der Waals surface area contributed by atoms with Crippen LogP contribution in [0.4, 0.5) is 0 Å². The molecule has 0 unspecified atom stereocenters. The molecule has 3 heteroatoms. The smallest absolute Gasteiger partial charge is 0.0117 e. The van der Waals surface area contributed by atoms with E-state index in [4.69, 9.17) is 0 Å². The highest BCUT2D eigenvalue weighted by Gasteiger charge is 2.33. The molecule has 0 spiro atoms. The molecule has 0 atom stereocenters. The highest BCUT2D eigenvalue weighted by molar-refractivity contribution is 4.89. The summed E-state index contributed by atoms with van der Waals surface area (Å²) in [6.07, 6.45) is 11.3. The maximum Gasteiger partial charge on any atom is 0.0117 e. The van der Waals surface area contributed by atoms with Crippen molar-refractivity contribution in [1.82, 2.24) is 15.1 Å². The van der Waals surface area contributed by atoms with Gasteiger partial charge in [0.25, 0.3) is 0 Å². The number of likely N-dealkylation sites (tertiary alicyclic amines) is 1. The lowest BCUT2D eigenvalue weighted by molar-refractivity contribution is 0.0822. The molecule has 1 aliphatic heterocycles. The summed E-state index contributed by atoms with van der Waals surface area (Å²) in [4.78, 5) is 5.18. The largest absolute Gasteiger partial charge is 0.316 e.